The molecule has 90 valence electrons. The molecule has 0 aliphatic heterocycles. The van der Waals surface area contributed by atoms with Gasteiger partial charge in [-0.1, -0.05) is 12.1 Å². The predicted molar refractivity (Wildman–Crippen MR) is 66.6 cm³/mol. The monoisotopic (exact) mass is 230 g/mol. The standard InChI is InChI=1S/C14H18N2O/c1-17-13-4-2-12(3-5-13)10-16-11-14(6-7-14)8-9-15/h2-5,16H,6-8,10-11H2,1H3. The van der Waals surface area contributed by atoms with Crippen molar-refractivity contribution in [1.82, 2.24) is 5.32 Å². The van der Waals surface area contributed by atoms with Crippen LogP contribution in [0.4, 0.5) is 0 Å². The second kappa shape index (κ2) is 5.20. The second-order valence-corrected chi connectivity index (χ2v) is 4.79. The lowest BCUT2D eigenvalue weighted by Crippen LogP contribution is -2.23. The molecule has 1 aliphatic carbocycles. The van der Waals surface area contributed by atoms with E-state index in [0.717, 1.165) is 18.8 Å². The molecule has 0 spiro atoms. The quantitative estimate of drug-likeness (QED) is 0.816. The minimum atomic E-state index is 0.279. The first-order valence-corrected chi connectivity index (χ1v) is 5.99. The zero-order chi connectivity index (χ0) is 12.1. The van der Waals surface area contributed by atoms with Crippen LogP contribution < -0.4 is 10.1 Å². The Morgan fingerprint density at radius 3 is 2.59 bits per heavy atom. The number of benzene rings is 1. The largest absolute Gasteiger partial charge is 0.497 e. The summed E-state index contributed by atoms with van der Waals surface area (Å²) in [6, 6.07) is 10.4. The minimum absolute atomic E-state index is 0.279. The van der Waals surface area contributed by atoms with Gasteiger partial charge < -0.3 is 10.1 Å². The maximum atomic E-state index is 8.72. The highest BCUT2D eigenvalue weighted by molar-refractivity contribution is 5.27. The molecule has 0 unspecified atom stereocenters. The van der Waals surface area contributed by atoms with Crippen LogP contribution in [0.25, 0.3) is 0 Å². The third-order valence-corrected chi connectivity index (χ3v) is 3.40. The Hall–Kier alpha value is -1.53. The van der Waals surface area contributed by atoms with Crippen molar-refractivity contribution >= 4 is 0 Å². The molecule has 0 bridgehead atoms. The lowest BCUT2D eigenvalue weighted by molar-refractivity contribution is 0.414. The Morgan fingerprint density at radius 1 is 1.35 bits per heavy atom. The summed E-state index contributed by atoms with van der Waals surface area (Å²) >= 11 is 0. The smallest absolute Gasteiger partial charge is 0.118 e. The molecular weight excluding hydrogens is 212 g/mol. The molecule has 0 heterocycles. The number of nitriles is 1. The van der Waals surface area contributed by atoms with Crippen molar-refractivity contribution in [3.63, 3.8) is 0 Å². The van der Waals surface area contributed by atoms with Gasteiger partial charge in [0.15, 0.2) is 0 Å². The first-order valence-electron chi connectivity index (χ1n) is 5.99. The number of methoxy groups -OCH3 is 1. The number of ether oxygens (including phenoxy) is 1. The molecule has 3 nitrogen and oxygen atoms in total. The fraction of sp³-hybridized carbons (Fsp3) is 0.500. The molecule has 1 aliphatic rings. The summed E-state index contributed by atoms with van der Waals surface area (Å²) in [4.78, 5) is 0. The molecule has 17 heavy (non-hydrogen) atoms. The lowest BCUT2D eigenvalue weighted by atomic mass is 10.0. The molecule has 0 saturated heterocycles. The molecule has 0 aromatic heterocycles. The van der Waals surface area contributed by atoms with Gasteiger partial charge in [0.25, 0.3) is 0 Å². The molecule has 2 rings (SSSR count). The van der Waals surface area contributed by atoms with E-state index >= 15 is 0 Å². The van der Waals surface area contributed by atoms with E-state index in [2.05, 4.69) is 23.5 Å². The van der Waals surface area contributed by atoms with Crippen LogP contribution in [0, 0.1) is 16.7 Å². The zero-order valence-electron chi connectivity index (χ0n) is 10.2. The molecule has 1 aromatic carbocycles. The topological polar surface area (TPSA) is 45.0 Å². The van der Waals surface area contributed by atoms with Crippen LogP contribution in [0.1, 0.15) is 24.8 Å². The molecule has 0 amide bonds. The maximum absolute atomic E-state index is 8.72. The third kappa shape index (κ3) is 3.21. The van der Waals surface area contributed by atoms with E-state index in [1.165, 1.54) is 18.4 Å². The zero-order valence-corrected chi connectivity index (χ0v) is 10.2. The van der Waals surface area contributed by atoms with Crippen LogP contribution in [-0.4, -0.2) is 13.7 Å². The van der Waals surface area contributed by atoms with E-state index in [0.29, 0.717) is 6.42 Å². The Morgan fingerprint density at radius 2 is 2.06 bits per heavy atom. The summed E-state index contributed by atoms with van der Waals surface area (Å²) in [5, 5.41) is 12.2. The van der Waals surface area contributed by atoms with Crippen molar-refractivity contribution in [2.24, 2.45) is 5.41 Å². The van der Waals surface area contributed by atoms with Crippen molar-refractivity contribution in [3.05, 3.63) is 29.8 Å². The van der Waals surface area contributed by atoms with Crippen molar-refractivity contribution in [3.8, 4) is 11.8 Å². The van der Waals surface area contributed by atoms with Crippen LogP contribution in [-0.2, 0) is 6.54 Å². The average Bonchev–Trinajstić information content (AvgIpc) is 3.11. The summed E-state index contributed by atoms with van der Waals surface area (Å²) in [6.07, 6.45) is 3.06. The normalized spacial score (nSPS) is 16.2. The van der Waals surface area contributed by atoms with Crippen LogP contribution in [0.2, 0.25) is 0 Å². The molecule has 0 atom stereocenters. The van der Waals surface area contributed by atoms with E-state index in [9.17, 15) is 0 Å². The summed E-state index contributed by atoms with van der Waals surface area (Å²) in [6.45, 7) is 1.81. The molecule has 1 fully saturated rings. The second-order valence-electron chi connectivity index (χ2n) is 4.79. The molecule has 1 saturated carbocycles. The summed E-state index contributed by atoms with van der Waals surface area (Å²) in [5.41, 5.74) is 1.53. The Balaban J connectivity index is 1.76. The summed E-state index contributed by atoms with van der Waals surface area (Å²) < 4.78 is 5.11. The van der Waals surface area contributed by atoms with Gasteiger partial charge in [-0.05, 0) is 36.0 Å². The lowest BCUT2D eigenvalue weighted by Gasteiger charge is -2.12. The Kier molecular flexibility index (Phi) is 3.65. The first-order chi connectivity index (χ1) is 8.28. The molecule has 3 heteroatoms. The van der Waals surface area contributed by atoms with Gasteiger partial charge in [-0.3, -0.25) is 0 Å². The number of nitrogens with one attached hydrogen (secondary N) is 1. The third-order valence-electron chi connectivity index (χ3n) is 3.40. The van der Waals surface area contributed by atoms with Crippen molar-refractivity contribution in [2.75, 3.05) is 13.7 Å². The first kappa shape index (κ1) is 11.9. The van der Waals surface area contributed by atoms with Gasteiger partial charge in [-0.15, -0.1) is 0 Å². The fourth-order valence-electron chi connectivity index (χ4n) is 1.98. The van der Waals surface area contributed by atoms with Crippen molar-refractivity contribution < 1.29 is 4.74 Å². The Labute approximate surface area is 102 Å². The van der Waals surface area contributed by atoms with Crippen LogP contribution in [0.15, 0.2) is 24.3 Å². The van der Waals surface area contributed by atoms with Crippen LogP contribution >= 0.6 is 0 Å². The van der Waals surface area contributed by atoms with Gasteiger partial charge in [0.05, 0.1) is 13.2 Å². The van der Waals surface area contributed by atoms with E-state index in [4.69, 9.17) is 10.00 Å². The van der Waals surface area contributed by atoms with Gasteiger partial charge in [0, 0.05) is 19.5 Å². The highest BCUT2D eigenvalue weighted by atomic mass is 16.5. The predicted octanol–water partition coefficient (Wildman–Crippen LogP) is 2.48. The number of rotatable bonds is 6. The average molecular weight is 230 g/mol. The summed E-state index contributed by atoms with van der Waals surface area (Å²) in [5.74, 6) is 0.886. The van der Waals surface area contributed by atoms with Crippen LogP contribution in [0.5, 0.6) is 5.75 Å². The Bertz CT molecular complexity index is 401. The van der Waals surface area contributed by atoms with Crippen LogP contribution in [0.3, 0.4) is 0 Å². The van der Waals surface area contributed by atoms with Crippen molar-refractivity contribution in [2.45, 2.75) is 25.8 Å². The SMILES string of the molecule is COc1ccc(CNCC2(CC#N)CC2)cc1. The maximum Gasteiger partial charge on any atom is 0.118 e. The molecule has 0 radical (unpaired) electrons. The highest BCUT2D eigenvalue weighted by Crippen LogP contribution is 2.47. The minimum Gasteiger partial charge on any atom is -0.497 e. The van der Waals surface area contributed by atoms with Gasteiger partial charge in [0.2, 0.25) is 0 Å². The summed E-state index contributed by atoms with van der Waals surface area (Å²) in [7, 11) is 1.67. The van der Waals surface area contributed by atoms with E-state index in [1.54, 1.807) is 7.11 Å². The van der Waals surface area contributed by atoms with Gasteiger partial charge in [-0.2, -0.15) is 5.26 Å². The molecular formula is C14H18N2O. The van der Waals surface area contributed by atoms with Gasteiger partial charge in [-0.25, -0.2) is 0 Å². The van der Waals surface area contributed by atoms with Gasteiger partial charge >= 0.3 is 0 Å². The number of nitrogens with zero attached hydrogens (tertiary/aromatic N) is 1. The number of hydrogen-bond donors (Lipinski definition) is 1. The van der Waals surface area contributed by atoms with E-state index < -0.39 is 0 Å². The highest BCUT2D eigenvalue weighted by Gasteiger charge is 2.41. The molecule has 1 aromatic rings. The fourth-order valence-corrected chi connectivity index (χ4v) is 1.98. The number of hydrogen-bond acceptors (Lipinski definition) is 3. The van der Waals surface area contributed by atoms with E-state index in [-0.39, 0.29) is 5.41 Å². The van der Waals surface area contributed by atoms with Crippen molar-refractivity contribution in [1.29, 1.82) is 5.26 Å². The molecule has 1 N–H and O–H groups in total. The van der Waals surface area contributed by atoms with Gasteiger partial charge in [0.1, 0.15) is 5.75 Å². The van der Waals surface area contributed by atoms with E-state index in [1.807, 2.05) is 12.1 Å².